The van der Waals surface area contributed by atoms with E-state index in [1.807, 2.05) is 12.1 Å². The van der Waals surface area contributed by atoms with E-state index in [-0.39, 0.29) is 41.4 Å². The molecule has 3 fully saturated rings. The molecule has 5 aliphatic rings. The number of fused-ring (bicyclic) bond motifs is 2. The molecule has 0 bridgehead atoms. The van der Waals surface area contributed by atoms with Gasteiger partial charge in [-0.05, 0) is 93.0 Å². The lowest BCUT2D eigenvalue weighted by Gasteiger charge is -2.38. The summed E-state index contributed by atoms with van der Waals surface area (Å²) in [6.45, 7) is 5.28. The smallest absolute Gasteiger partial charge is 0.262 e. The van der Waals surface area contributed by atoms with Gasteiger partial charge in [0.1, 0.15) is 30.1 Å². The lowest BCUT2D eigenvalue weighted by molar-refractivity contribution is -0.136. The number of hydrogen-bond acceptors (Lipinski definition) is 13. The fourth-order valence-corrected chi connectivity index (χ4v) is 9.40. The Morgan fingerprint density at radius 1 is 0.871 bits per heavy atom. The standard InChI is InChI=1S/C44H43ClFN11O5/c45-34-20-29(2-1-26(34)21-47)56-18-13-31-35(23-56)48-24-49-40(31)52-37-7-5-32(39(46)51-37)41(59)50-27-11-14-54(15-12-27)22-25-9-16-55(17-10-25)28-3-4-30-33(19-28)44(62)57(43(30)61)36-6-8-38(58)53-42(36)60/h1-5,7,19-20,24-25,27,36H,6,8-18,22-23H2,(H,50,59)(H,53,58,60)(H,48,49,51,52). The number of carbonyl (C=O) groups excluding carboxylic acids is 5. The van der Waals surface area contributed by atoms with Crippen LogP contribution in [0.25, 0.3) is 0 Å². The van der Waals surface area contributed by atoms with Gasteiger partial charge >= 0.3 is 0 Å². The number of nitrogens with one attached hydrogen (secondary N) is 3. The summed E-state index contributed by atoms with van der Waals surface area (Å²) in [5, 5.41) is 18.0. The Hall–Kier alpha value is -6.51. The van der Waals surface area contributed by atoms with Crippen LogP contribution in [0.2, 0.25) is 5.02 Å². The molecular weight excluding hydrogens is 817 g/mol. The SMILES string of the molecule is N#Cc1ccc(N2CCc3c(ncnc3Nc3ccc(C(=O)NC4CCN(CC5CCN(c6ccc7c(c6)C(=O)N(C6CCC(=O)NC6=O)C7=O)CC5)CC4)c(F)n3)C2)cc1Cl. The fraction of sp³-hybridized carbons (Fsp3) is 0.386. The third-order valence-electron chi connectivity index (χ3n) is 12.6. The van der Waals surface area contributed by atoms with Crippen LogP contribution in [0.3, 0.4) is 0 Å². The van der Waals surface area contributed by atoms with Gasteiger partial charge in [-0.2, -0.15) is 9.65 Å². The molecule has 18 heteroatoms. The van der Waals surface area contributed by atoms with Gasteiger partial charge in [-0.15, -0.1) is 0 Å². The van der Waals surface area contributed by atoms with Crippen molar-refractivity contribution < 1.29 is 28.4 Å². The first kappa shape index (κ1) is 40.9. The summed E-state index contributed by atoms with van der Waals surface area (Å²) >= 11 is 6.27. The van der Waals surface area contributed by atoms with Crippen molar-refractivity contribution in [3.8, 4) is 6.07 Å². The lowest BCUT2D eigenvalue weighted by atomic mass is 9.94. The molecule has 62 heavy (non-hydrogen) atoms. The Morgan fingerprint density at radius 2 is 1.63 bits per heavy atom. The molecule has 4 aromatic rings. The van der Waals surface area contributed by atoms with Crippen molar-refractivity contribution in [2.45, 2.75) is 63.6 Å². The first-order valence-electron chi connectivity index (χ1n) is 20.9. The van der Waals surface area contributed by atoms with E-state index in [0.717, 1.165) is 85.9 Å². The average molecular weight is 860 g/mol. The van der Waals surface area contributed by atoms with Crippen LogP contribution in [-0.2, 0) is 22.6 Å². The summed E-state index contributed by atoms with van der Waals surface area (Å²) in [5.41, 5.74) is 4.26. The highest BCUT2D eigenvalue weighted by atomic mass is 35.5. The number of carbonyl (C=O) groups is 5. The molecule has 0 saturated carbocycles. The number of imide groups is 2. The number of piperidine rings is 3. The number of aromatic nitrogens is 3. The molecule has 1 unspecified atom stereocenters. The highest BCUT2D eigenvalue weighted by Gasteiger charge is 2.45. The van der Waals surface area contributed by atoms with Crippen LogP contribution in [0.5, 0.6) is 0 Å². The fourth-order valence-electron chi connectivity index (χ4n) is 9.19. The van der Waals surface area contributed by atoms with E-state index in [1.165, 1.54) is 12.4 Å². The maximum absolute atomic E-state index is 15.3. The van der Waals surface area contributed by atoms with Crippen LogP contribution in [-0.4, -0.2) is 106 Å². The predicted molar refractivity (Wildman–Crippen MR) is 225 cm³/mol. The van der Waals surface area contributed by atoms with E-state index in [1.54, 1.807) is 30.3 Å². The monoisotopic (exact) mass is 859 g/mol. The number of nitriles is 1. The van der Waals surface area contributed by atoms with Gasteiger partial charge < -0.3 is 25.3 Å². The number of hydrogen-bond donors (Lipinski definition) is 3. The third-order valence-corrected chi connectivity index (χ3v) is 12.9. The molecule has 318 valence electrons. The predicted octanol–water partition coefficient (Wildman–Crippen LogP) is 4.35. The Labute approximate surface area is 361 Å². The first-order chi connectivity index (χ1) is 30.0. The maximum Gasteiger partial charge on any atom is 0.262 e. The van der Waals surface area contributed by atoms with Crippen LogP contribution in [0.4, 0.5) is 27.4 Å². The van der Waals surface area contributed by atoms with Crippen LogP contribution < -0.4 is 25.8 Å². The molecule has 2 aromatic heterocycles. The number of amides is 5. The Bertz CT molecular complexity index is 2530. The van der Waals surface area contributed by atoms with Crippen molar-refractivity contribution in [2.24, 2.45) is 5.92 Å². The van der Waals surface area contributed by atoms with Gasteiger partial charge in [0.2, 0.25) is 17.8 Å². The van der Waals surface area contributed by atoms with E-state index >= 15 is 4.39 Å². The molecule has 0 spiro atoms. The molecule has 5 aliphatic heterocycles. The van der Waals surface area contributed by atoms with Gasteiger partial charge in [0, 0.05) is 68.7 Å². The molecule has 0 aliphatic carbocycles. The molecule has 0 radical (unpaired) electrons. The minimum atomic E-state index is -0.996. The van der Waals surface area contributed by atoms with Crippen LogP contribution >= 0.6 is 11.6 Å². The first-order valence-corrected chi connectivity index (χ1v) is 21.3. The zero-order valence-electron chi connectivity index (χ0n) is 33.7. The van der Waals surface area contributed by atoms with Crippen molar-refractivity contribution in [1.82, 2.24) is 35.4 Å². The second-order valence-corrected chi connectivity index (χ2v) is 16.8. The molecule has 1 atom stereocenters. The molecule has 16 nitrogen and oxygen atoms in total. The molecule has 2 aromatic carbocycles. The average Bonchev–Trinajstić information content (AvgIpc) is 3.52. The van der Waals surface area contributed by atoms with Gasteiger partial charge in [-0.1, -0.05) is 11.6 Å². The minimum absolute atomic E-state index is 0.0730. The molecule has 5 amide bonds. The highest BCUT2D eigenvalue weighted by Crippen LogP contribution is 2.34. The summed E-state index contributed by atoms with van der Waals surface area (Å²) < 4.78 is 15.3. The summed E-state index contributed by atoms with van der Waals surface area (Å²) in [5.74, 6) is -2.23. The summed E-state index contributed by atoms with van der Waals surface area (Å²) in [7, 11) is 0. The molecule has 3 saturated heterocycles. The number of rotatable bonds is 9. The van der Waals surface area contributed by atoms with Gasteiger partial charge in [-0.25, -0.2) is 15.0 Å². The van der Waals surface area contributed by atoms with Gasteiger partial charge in [0.05, 0.1) is 39.5 Å². The normalized spacial score (nSPS) is 19.8. The van der Waals surface area contributed by atoms with E-state index in [0.29, 0.717) is 41.8 Å². The number of likely N-dealkylation sites (tertiary alicyclic amines) is 1. The van der Waals surface area contributed by atoms with E-state index in [4.69, 9.17) is 11.6 Å². The zero-order chi connectivity index (χ0) is 43.1. The highest BCUT2D eigenvalue weighted by molar-refractivity contribution is 6.32. The van der Waals surface area contributed by atoms with Gasteiger partial charge in [0.15, 0.2) is 0 Å². The number of benzene rings is 2. The number of pyridine rings is 1. The largest absolute Gasteiger partial charge is 0.371 e. The summed E-state index contributed by atoms with van der Waals surface area (Å²) in [6, 6.07) is 14.6. The number of nitrogens with zero attached hydrogens (tertiary/aromatic N) is 8. The molecular formula is C44H43ClFN11O5. The molecule has 9 rings (SSSR count). The Kier molecular flexibility index (Phi) is 11.3. The van der Waals surface area contributed by atoms with Gasteiger partial charge in [-0.3, -0.25) is 34.2 Å². The minimum Gasteiger partial charge on any atom is -0.371 e. The lowest BCUT2D eigenvalue weighted by Crippen LogP contribution is -2.54. The van der Waals surface area contributed by atoms with Crippen molar-refractivity contribution in [2.75, 3.05) is 54.4 Å². The van der Waals surface area contributed by atoms with Crippen molar-refractivity contribution in [3.63, 3.8) is 0 Å². The topological polar surface area (TPSA) is 197 Å². The van der Waals surface area contributed by atoms with Crippen molar-refractivity contribution in [1.29, 1.82) is 5.26 Å². The van der Waals surface area contributed by atoms with E-state index in [9.17, 15) is 29.2 Å². The van der Waals surface area contributed by atoms with Crippen LogP contribution in [0.1, 0.15) is 86.4 Å². The summed E-state index contributed by atoms with van der Waals surface area (Å²) in [4.78, 5) is 84.4. The number of anilines is 4. The third kappa shape index (κ3) is 8.15. The molecule has 3 N–H and O–H groups in total. The van der Waals surface area contributed by atoms with E-state index in [2.05, 4.69) is 51.7 Å². The second kappa shape index (κ2) is 17.1. The number of halogens is 2. The maximum atomic E-state index is 15.3. The Morgan fingerprint density at radius 3 is 2.37 bits per heavy atom. The quantitative estimate of drug-likeness (QED) is 0.159. The van der Waals surface area contributed by atoms with Crippen molar-refractivity contribution >= 4 is 64.1 Å². The zero-order valence-corrected chi connectivity index (χ0v) is 34.5. The van der Waals surface area contributed by atoms with Crippen LogP contribution in [0.15, 0.2) is 54.9 Å². The van der Waals surface area contributed by atoms with Gasteiger partial charge in [0.25, 0.3) is 17.7 Å². The van der Waals surface area contributed by atoms with E-state index < -0.39 is 41.5 Å². The summed E-state index contributed by atoms with van der Waals surface area (Å²) in [6.07, 6.45) is 5.63. The van der Waals surface area contributed by atoms with Crippen molar-refractivity contribution in [3.05, 3.63) is 99.3 Å². The Balaban J connectivity index is 0.730. The second-order valence-electron chi connectivity index (χ2n) is 16.4. The van der Waals surface area contributed by atoms with Crippen LogP contribution in [0, 0.1) is 23.2 Å². The molecule has 7 heterocycles.